The Morgan fingerprint density at radius 3 is 2.77 bits per heavy atom. The van der Waals surface area contributed by atoms with E-state index in [1.807, 2.05) is 0 Å². The van der Waals surface area contributed by atoms with Crippen LogP contribution in [0.3, 0.4) is 0 Å². The lowest BCUT2D eigenvalue weighted by Crippen LogP contribution is -2.32. The van der Waals surface area contributed by atoms with Crippen molar-refractivity contribution < 1.29 is 0 Å². The van der Waals surface area contributed by atoms with Crippen LogP contribution in [0.15, 0.2) is 30.3 Å². The van der Waals surface area contributed by atoms with Crippen LogP contribution in [0.2, 0.25) is 0 Å². The SMILES string of the molecule is c1ccc(CNc2c3c(nc4c2CC2CC4C2)CCC3)cc1. The lowest BCUT2D eigenvalue weighted by Gasteiger charge is -2.43. The van der Waals surface area contributed by atoms with Crippen LogP contribution in [0.1, 0.15) is 53.3 Å². The summed E-state index contributed by atoms with van der Waals surface area (Å²) in [5, 5.41) is 3.79. The number of nitrogens with one attached hydrogen (secondary N) is 1. The summed E-state index contributed by atoms with van der Waals surface area (Å²) in [5.41, 5.74) is 8.73. The predicted molar refractivity (Wildman–Crippen MR) is 89.2 cm³/mol. The second-order valence-corrected chi connectivity index (χ2v) is 7.21. The first kappa shape index (κ1) is 12.7. The number of hydrogen-bond donors (Lipinski definition) is 1. The van der Waals surface area contributed by atoms with E-state index in [0.717, 1.165) is 18.4 Å². The number of hydrogen-bond acceptors (Lipinski definition) is 2. The highest BCUT2D eigenvalue weighted by atomic mass is 14.9. The third kappa shape index (κ3) is 1.89. The van der Waals surface area contributed by atoms with Crippen molar-refractivity contribution in [2.75, 3.05) is 5.32 Å². The largest absolute Gasteiger partial charge is 0.380 e. The number of pyridine rings is 1. The molecule has 4 aliphatic rings. The number of anilines is 1. The molecule has 2 nitrogen and oxygen atoms in total. The molecule has 0 aliphatic heterocycles. The highest BCUT2D eigenvalue weighted by molar-refractivity contribution is 5.64. The molecular weight excluding hydrogens is 268 g/mol. The zero-order valence-electron chi connectivity index (χ0n) is 12.9. The minimum atomic E-state index is 0.761. The Labute approximate surface area is 132 Å². The molecule has 1 heterocycles. The van der Waals surface area contributed by atoms with Gasteiger partial charge in [0.25, 0.3) is 0 Å². The van der Waals surface area contributed by atoms with Crippen molar-refractivity contribution in [3.63, 3.8) is 0 Å². The molecule has 0 spiro atoms. The van der Waals surface area contributed by atoms with Crippen molar-refractivity contribution in [1.29, 1.82) is 0 Å². The highest BCUT2D eigenvalue weighted by Gasteiger charge is 2.40. The maximum atomic E-state index is 5.09. The van der Waals surface area contributed by atoms with Gasteiger partial charge < -0.3 is 5.32 Å². The summed E-state index contributed by atoms with van der Waals surface area (Å²) in [5.74, 6) is 1.69. The molecule has 1 fully saturated rings. The van der Waals surface area contributed by atoms with Crippen molar-refractivity contribution >= 4 is 5.69 Å². The van der Waals surface area contributed by atoms with E-state index in [4.69, 9.17) is 4.98 Å². The van der Waals surface area contributed by atoms with Gasteiger partial charge in [0.2, 0.25) is 0 Å². The molecule has 6 rings (SSSR count). The highest BCUT2D eigenvalue weighted by Crippen LogP contribution is 2.52. The molecule has 0 atom stereocenters. The van der Waals surface area contributed by atoms with E-state index in [1.54, 1.807) is 5.56 Å². The summed E-state index contributed by atoms with van der Waals surface area (Å²) in [7, 11) is 0. The molecule has 0 saturated heterocycles. The van der Waals surface area contributed by atoms with Gasteiger partial charge in [-0.15, -0.1) is 0 Å². The second kappa shape index (κ2) is 4.84. The van der Waals surface area contributed by atoms with Gasteiger partial charge in [-0.1, -0.05) is 30.3 Å². The van der Waals surface area contributed by atoms with E-state index in [1.165, 1.54) is 66.7 Å². The van der Waals surface area contributed by atoms with Crippen molar-refractivity contribution in [1.82, 2.24) is 4.98 Å². The molecule has 4 aliphatic carbocycles. The molecule has 1 aromatic carbocycles. The fraction of sp³-hybridized carbons (Fsp3) is 0.450. The fourth-order valence-corrected chi connectivity index (χ4v) is 4.60. The topological polar surface area (TPSA) is 24.9 Å². The fourth-order valence-electron chi connectivity index (χ4n) is 4.60. The minimum absolute atomic E-state index is 0.761. The lowest BCUT2D eigenvalue weighted by atomic mass is 9.64. The number of aromatic nitrogens is 1. The zero-order valence-corrected chi connectivity index (χ0v) is 12.9. The summed E-state index contributed by atoms with van der Waals surface area (Å²) in [6, 6.07) is 10.7. The average molecular weight is 290 g/mol. The first-order chi connectivity index (χ1) is 10.9. The Morgan fingerprint density at radius 2 is 1.91 bits per heavy atom. The Bertz CT molecular complexity index is 714. The predicted octanol–water partition coefficient (Wildman–Crippen LogP) is 4.23. The second-order valence-electron chi connectivity index (χ2n) is 7.21. The van der Waals surface area contributed by atoms with Crippen LogP contribution in [-0.4, -0.2) is 4.98 Å². The Hall–Kier alpha value is -1.83. The Balaban J connectivity index is 1.53. The van der Waals surface area contributed by atoms with Crippen molar-refractivity contribution in [2.24, 2.45) is 5.92 Å². The van der Waals surface area contributed by atoms with Crippen molar-refractivity contribution in [3.05, 3.63) is 58.4 Å². The summed E-state index contributed by atoms with van der Waals surface area (Å²) in [6.07, 6.45) is 7.69. The Morgan fingerprint density at radius 1 is 1.05 bits per heavy atom. The van der Waals surface area contributed by atoms with E-state index in [-0.39, 0.29) is 0 Å². The number of fused-ring (bicyclic) bond motifs is 1. The van der Waals surface area contributed by atoms with Crippen molar-refractivity contribution in [2.45, 2.75) is 51.0 Å². The van der Waals surface area contributed by atoms with E-state index >= 15 is 0 Å². The van der Waals surface area contributed by atoms with Crippen molar-refractivity contribution in [3.8, 4) is 0 Å². The first-order valence-corrected chi connectivity index (χ1v) is 8.71. The summed E-state index contributed by atoms with van der Waals surface area (Å²) in [6.45, 7) is 0.930. The molecule has 0 radical (unpaired) electrons. The van der Waals surface area contributed by atoms with Crippen LogP contribution in [0.25, 0.3) is 0 Å². The first-order valence-electron chi connectivity index (χ1n) is 8.71. The smallest absolute Gasteiger partial charge is 0.0490 e. The molecule has 22 heavy (non-hydrogen) atoms. The van der Waals surface area contributed by atoms with E-state index in [0.29, 0.717) is 0 Å². The quantitative estimate of drug-likeness (QED) is 0.915. The van der Waals surface area contributed by atoms with Gasteiger partial charge >= 0.3 is 0 Å². The van der Waals surface area contributed by atoms with Gasteiger partial charge in [-0.2, -0.15) is 0 Å². The van der Waals surface area contributed by atoms with Gasteiger partial charge in [-0.25, -0.2) is 0 Å². The van der Waals surface area contributed by atoms with E-state index in [2.05, 4.69) is 35.6 Å². The molecular formula is C20H22N2. The minimum Gasteiger partial charge on any atom is -0.380 e. The van der Waals surface area contributed by atoms with Gasteiger partial charge in [-0.3, -0.25) is 4.98 Å². The number of benzene rings is 1. The van der Waals surface area contributed by atoms with Crippen LogP contribution in [-0.2, 0) is 25.8 Å². The van der Waals surface area contributed by atoms with Gasteiger partial charge in [0, 0.05) is 29.5 Å². The van der Waals surface area contributed by atoms with Crippen LogP contribution >= 0.6 is 0 Å². The van der Waals surface area contributed by atoms with Crippen LogP contribution in [0.5, 0.6) is 0 Å². The number of aryl methyl sites for hydroxylation is 1. The molecule has 1 N–H and O–H groups in total. The third-order valence-electron chi connectivity index (χ3n) is 5.78. The Kier molecular flexibility index (Phi) is 2.79. The van der Waals surface area contributed by atoms with Crippen LogP contribution in [0, 0.1) is 5.92 Å². The maximum absolute atomic E-state index is 5.09. The monoisotopic (exact) mass is 290 g/mol. The van der Waals surface area contributed by atoms with Gasteiger partial charge in [0.1, 0.15) is 0 Å². The number of rotatable bonds is 3. The molecule has 2 bridgehead atoms. The molecule has 112 valence electrons. The molecule has 1 saturated carbocycles. The van der Waals surface area contributed by atoms with Crippen LogP contribution < -0.4 is 5.32 Å². The molecule has 0 unspecified atom stereocenters. The summed E-state index contributed by atoms with van der Waals surface area (Å²) < 4.78 is 0. The standard InChI is InChI=1S/C20H22N2/c1-2-5-13(6-3-1)12-21-20-16-7-4-8-18(16)22-19-15-9-14(10-15)11-17(19)20/h1-3,5-6,14-15H,4,7-12H2,(H,21,22). The lowest BCUT2D eigenvalue weighted by molar-refractivity contribution is 0.232. The maximum Gasteiger partial charge on any atom is 0.0490 e. The van der Waals surface area contributed by atoms with E-state index in [9.17, 15) is 0 Å². The summed E-state index contributed by atoms with van der Waals surface area (Å²) >= 11 is 0. The number of nitrogens with zero attached hydrogens (tertiary/aromatic N) is 1. The normalized spacial score (nSPS) is 24.4. The summed E-state index contributed by atoms with van der Waals surface area (Å²) in [4.78, 5) is 5.09. The van der Waals surface area contributed by atoms with Gasteiger partial charge in [-0.05, 0) is 61.1 Å². The third-order valence-corrected chi connectivity index (χ3v) is 5.78. The average Bonchev–Trinajstić information content (AvgIpc) is 2.99. The molecule has 2 aromatic rings. The van der Waals surface area contributed by atoms with Gasteiger partial charge in [0.05, 0.1) is 0 Å². The molecule has 2 heteroatoms. The molecule has 1 aromatic heterocycles. The van der Waals surface area contributed by atoms with Crippen LogP contribution in [0.4, 0.5) is 5.69 Å². The van der Waals surface area contributed by atoms with E-state index < -0.39 is 0 Å². The zero-order chi connectivity index (χ0) is 14.5. The van der Waals surface area contributed by atoms with Gasteiger partial charge in [0.15, 0.2) is 0 Å². The molecule has 0 amide bonds.